The van der Waals surface area contributed by atoms with Crippen LogP contribution in [0.1, 0.15) is 31.6 Å². The van der Waals surface area contributed by atoms with Crippen molar-refractivity contribution in [2.24, 2.45) is 10.8 Å². The normalized spacial score (nSPS) is 13.4. The number of hydrazine groups is 1. The molecule has 0 aromatic carbocycles. The number of hydrogen-bond acceptors (Lipinski definition) is 4. The van der Waals surface area contributed by atoms with Gasteiger partial charge in [0.05, 0.1) is 6.04 Å². The van der Waals surface area contributed by atoms with Crippen LogP contribution in [0.25, 0.3) is 0 Å². The predicted octanol–water partition coefficient (Wildman–Crippen LogP) is 0.306. The van der Waals surface area contributed by atoms with E-state index >= 15 is 0 Å². The number of nitrogens with two attached hydrogens (primary N) is 1. The lowest BCUT2D eigenvalue weighted by Gasteiger charge is -2.17. The molecule has 0 saturated carbocycles. The highest BCUT2D eigenvalue weighted by atomic mass is 16.5. The van der Waals surface area contributed by atoms with Crippen LogP contribution < -0.4 is 16.6 Å². The maximum absolute atomic E-state index is 5.44. The third-order valence-corrected chi connectivity index (χ3v) is 2.48. The Morgan fingerprint density at radius 2 is 2.50 bits per heavy atom. The summed E-state index contributed by atoms with van der Waals surface area (Å²) in [5, 5.41) is 3.21. The lowest BCUT2D eigenvalue weighted by Crippen LogP contribution is -2.43. The number of guanidine groups is 1. The average Bonchev–Trinajstić information content (AvgIpc) is 2.92. The Labute approximate surface area is 107 Å². The van der Waals surface area contributed by atoms with Gasteiger partial charge in [0.2, 0.25) is 5.96 Å². The Kier molecular flexibility index (Phi) is 6.82. The molecule has 1 heterocycles. The molecular formula is C11H22N6O. The first kappa shape index (κ1) is 14.5. The van der Waals surface area contributed by atoms with Crippen LogP contribution in [0.15, 0.2) is 17.4 Å². The zero-order chi connectivity index (χ0) is 13.2. The smallest absolute Gasteiger partial charge is 0.206 e. The van der Waals surface area contributed by atoms with Gasteiger partial charge in [0.1, 0.15) is 5.82 Å². The second-order valence-corrected chi connectivity index (χ2v) is 3.80. The summed E-state index contributed by atoms with van der Waals surface area (Å²) in [6.07, 6.45) is 5.27. The summed E-state index contributed by atoms with van der Waals surface area (Å²) in [5.41, 5.74) is 2.56. The quantitative estimate of drug-likeness (QED) is 0.184. The van der Waals surface area contributed by atoms with E-state index in [4.69, 9.17) is 10.6 Å². The number of nitrogens with zero attached hydrogens (tertiary/aromatic N) is 2. The van der Waals surface area contributed by atoms with Crippen LogP contribution in [0.3, 0.4) is 0 Å². The van der Waals surface area contributed by atoms with E-state index in [0.29, 0.717) is 19.1 Å². The lowest BCUT2D eigenvalue weighted by molar-refractivity contribution is 0.197. The topological polar surface area (TPSA) is 100 Å². The van der Waals surface area contributed by atoms with Gasteiger partial charge in [-0.1, -0.05) is 6.92 Å². The number of H-pyrrole nitrogens is 1. The summed E-state index contributed by atoms with van der Waals surface area (Å²) < 4.78 is 4.96. The number of aromatic nitrogens is 2. The number of rotatable bonds is 7. The van der Waals surface area contributed by atoms with E-state index in [-0.39, 0.29) is 6.04 Å². The van der Waals surface area contributed by atoms with Crippen molar-refractivity contribution in [3.8, 4) is 0 Å². The molecule has 0 radical (unpaired) electrons. The van der Waals surface area contributed by atoms with Crippen molar-refractivity contribution in [3.05, 3.63) is 18.2 Å². The van der Waals surface area contributed by atoms with E-state index < -0.39 is 0 Å². The summed E-state index contributed by atoms with van der Waals surface area (Å²) in [4.78, 5) is 11.6. The van der Waals surface area contributed by atoms with E-state index in [1.807, 2.05) is 0 Å². The molecule has 5 N–H and O–H groups in total. The van der Waals surface area contributed by atoms with Crippen molar-refractivity contribution in [1.82, 2.24) is 20.7 Å². The minimum absolute atomic E-state index is 0.0669. The molecule has 1 aromatic heterocycles. The van der Waals surface area contributed by atoms with Gasteiger partial charge in [0.25, 0.3) is 0 Å². The van der Waals surface area contributed by atoms with E-state index in [2.05, 4.69) is 32.6 Å². The number of aromatic amines is 1. The predicted molar refractivity (Wildman–Crippen MR) is 70.9 cm³/mol. The molecule has 7 nitrogen and oxygen atoms in total. The average molecular weight is 254 g/mol. The van der Waals surface area contributed by atoms with Crippen LogP contribution in [0.2, 0.25) is 0 Å². The highest BCUT2D eigenvalue weighted by Gasteiger charge is 2.12. The lowest BCUT2D eigenvalue weighted by atomic mass is 10.2. The van der Waals surface area contributed by atoms with Crippen molar-refractivity contribution in [2.45, 2.75) is 25.8 Å². The number of imidazole rings is 1. The van der Waals surface area contributed by atoms with Crippen molar-refractivity contribution < 1.29 is 4.74 Å². The fraction of sp³-hybridized carbons (Fsp3) is 0.636. The molecular weight excluding hydrogens is 232 g/mol. The van der Waals surface area contributed by atoms with Gasteiger partial charge in [-0.15, -0.1) is 0 Å². The number of aliphatic imine (C=N–C) groups is 1. The molecule has 0 amide bonds. The standard InChI is InChI=1S/C11H22N6O/c1-3-9(10-13-6-7-14-10)16-11(17-12)15-5-4-8-18-2/h6-7,9H,3-5,8,12H2,1-2H3,(H,13,14)(H2,15,16,17). The molecule has 18 heavy (non-hydrogen) atoms. The van der Waals surface area contributed by atoms with Crippen LogP contribution >= 0.6 is 0 Å². The molecule has 1 unspecified atom stereocenters. The van der Waals surface area contributed by atoms with Gasteiger partial charge in [0.15, 0.2) is 0 Å². The van der Waals surface area contributed by atoms with Gasteiger partial charge in [-0.2, -0.15) is 0 Å². The number of nitrogens with one attached hydrogen (secondary N) is 3. The maximum atomic E-state index is 5.44. The second-order valence-electron chi connectivity index (χ2n) is 3.80. The van der Waals surface area contributed by atoms with Gasteiger partial charge in [0, 0.05) is 32.7 Å². The Balaban J connectivity index is 2.50. The fourth-order valence-electron chi connectivity index (χ4n) is 1.53. The third-order valence-electron chi connectivity index (χ3n) is 2.48. The van der Waals surface area contributed by atoms with Crippen molar-refractivity contribution in [1.29, 1.82) is 0 Å². The molecule has 102 valence electrons. The number of methoxy groups -OCH3 is 1. The van der Waals surface area contributed by atoms with Gasteiger partial charge in [-0.05, 0) is 12.8 Å². The number of ether oxygens (including phenoxy) is 1. The van der Waals surface area contributed by atoms with Crippen LogP contribution in [0.5, 0.6) is 0 Å². The van der Waals surface area contributed by atoms with Gasteiger partial charge in [-0.3, -0.25) is 10.4 Å². The van der Waals surface area contributed by atoms with E-state index in [0.717, 1.165) is 18.7 Å². The molecule has 0 spiro atoms. The van der Waals surface area contributed by atoms with Crippen LogP contribution in [0, 0.1) is 0 Å². The Bertz CT molecular complexity index is 337. The second kappa shape index (κ2) is 8.48. The summed E-state index contributed by atoms with van der Waals surface area (Å²) >= 11 is 0. The van der Waals surface area contributed by atoms with Crippen molar-refractivity contribution in [3.63, 3.8) is 0 Å². The van der Waals surface area contributed by atoms with E-state index in [9.17, 15) is 0 Å². The highest BCUT2D eigenvalue weighted by molar-refractivity contribution is 5.79. The van der Waals surface area contributed by atoms with Gasteiger partial charge in [-0.25, -0.2) is 10.8 Å². The molecule has 1 atom stereocenters. The SMILES string of the molecule is CCC(NC(=NCCCOC)NN)c1ncc[nH]1. The monoisotopic (exact) mass is 254 g/mol. The molecule has 0 aliphatic rings. The summed E-state index contributed by atoms with van der Waals surface area (Å²) in [6, 6.07) is 0.0669. The molecule has 1 rings (SSSR count). The molecule has 0 bridgehead atoms. The zero-order valence-corrected chi connectivity index (χ0v) is 10.9. The highest BCUT2D eigenvalue weighted by Crippen LogP contribution is 2.10. The summed E-state index contributed by atoms with van der Waals surface area (Å²) in [5.74, 6) is 6.88. The van der Waals surface area contributed by atoms with Crippen molar-refractivity contribution in [2.75, 3.05) is 20.3 Å². The Morgan fingerprint density at radius 3 is 3.06 bits per heavy atom. The van der Waals surface area contributed by atoms with Crippen LogP contribution in [-0.2, 0) is 4.74 Å². The first-order chi connectivity index (χ1) is 8.81. The molecule has 0 fully saturated rings. The minimum atomic E-state index is 0.0669. The summed E-state index contributed by atoms with van der Waals surface area (Å²) in [6.45, 7) is 3.42. The number of hydrogen-bond donors (Lipinski definition) is 4. The first-order valence-electron chi connectivity index (χ1n) is 6.07. The maximum Gasteiger partial charge on any atom is 0.206 e. The fourth-order valence-corrected chi connectivity index (χ4v) is 1.53. The molecule has 1 aromatic rings. The molecule has 0 aliphatic carbocycles. The van der Waals surface area contributed by atoms with Gasteiger partial charge >= 0.3 is 0 Å². The molecule has 7 heteroatoms. The Morgan fingerprint density at radius 1 is 1.67 bits per heavy atom. The van der Waals surface area contributed by atoms with Gasteiger partial charge < -0.3 is 15.0 Å². The van der Waals surface area contributed by atoms with E-state index in [1.54, 1.807) is 19.5 Å². The minimum Gasteiger partial charge on any atom is -0.385 e. The van der Waals surface area contributed by atoms with Crippen LogP contribution in [-0.4, -0.2) is 36.2 Å². The van der Waals surface area contributed by atoms with Crippen LogP contribution in [0.4, 0.5) is 0 Å². The Hall–Kier alpha value is -1.60. The van der Waals surface area contributed by atoms with Crippen molar-refractivity contribution >= 4 is 5.96 Å². The third kappa shape index (κ3) is 4.72. The largest absolute Gasteiger partial charge is 0.385 e. The molecule has 0 aliphatic heterocycles. The first-order valence-corrected chi connectivity index (χ1v) is 6.07. The summed E-state index contributed by atoms with van der Waals surface area (Å²) in [7, 11) is 1.67. The molecule has 0 saturated heterocycles. The van der Waals surface area contributed by atoms with E-state index in [1.165, 1.54) is 0 Å². The zero-order valence-electron chi connectivity index (χ0n) is 10.9.